The maximum absolute atomic E-state index is 12.2. The van der Waals surface area contributed by atoms with Gasteiger partial charge in [0.15, 0.2) is 0 Å². The lowest BCUT2D eigenvalue weighted by Gasteiger charge is -2.35. The SMILES string of the molecule is CN(CC(F)(F)F)C(=O)N1CCCC(CC(=O)O)C1. The molecule has 1 aliphatic heterocycles. The standard InChI is InChI=1S/C11H17F3N2O3/c1-15(7-11(12,13)14)10(19)16-4-2-3-8(6-16)5-9(17)18/h8H,2-7H2,1H3,(H,17,18). The van der Waals surface area contributed by atoms with Crippen molar-refractivity contribution < 1.29 is 27.9 Å². The van der Waals surface area contributed by atoms with E-state index in [2.05, 4.69) is 0 Å². The summed E-state index contributed by atoms with van der Waals surface area (Å²) in [5.74, 6) is -1.14. The Labute approximate surface area is 109 Å². The summed E-state index contributed by atoms with van der Waals surface area (Å²) >= 11 is 0. The third kappa shape index (κ3) is 5.35. The molecule has 0 aromatic heterocycles. The molecule has 1 rings (SSSR count). The second-order valence-electron chi connectivity index (χ2n) is 4.81. The number of rotatable bonds is 3. The smallest absolute Gasteiger partial charge is 0.406 e. The van der Waals surface area contributed by atoms with Gasteiger partial charge in [-0.3, -0.25) is 4.79 Å². The summed E-state index contributed by atoms with van der Waals surface area (Å²) in [4.78, 5) is 24.3. The summed E-state index contributed by atoms with van der Waals surface area (Å²) in [5, 5.41) is 8.69. The molecule has 5 nitrogen and oxygen atoms in total. The van der Waals surface area contributed by atoms with Gasteiger partial charge in [0, 0.05) is 26.6 Å². The van der Waals surface area contributed by atoms with Crippen LogP contribution in [0.25, 0.3) is 0 Å². The topological polar surface area (TPSA) is 60.9 Å². The zero-order chi connectivity index (χ0) is 14.6. The molecule has 0 saturated carbocycles. The molecule has 110 valence electrons. The molecule has 1 heterocycles. The molecule has 2 amide bonds. The van der Waals surface area contributed by atoms with Crippen molar-refractivity contribution in [2.45, 2.75) is 25.4 Å². The quantitative estimate of drug-likeness (QED) is 0.858. The number of carboxylic acid groups (broad SMARTS) is 1. The summed E-state index contributed by atoms with van der Waals surface area (Å²) in [6, 6.07) is -0.701. The molecule has 0 radical (unpaired) electrons. The molecule has 1 N–H and O–H groups in total. The monoisotopic (exact) mass is 282 g/mol. The van der Waals surface area contributed by atoms with Gasteiger partial charge in [-0.1, -0.05) is 0 Å². The van der Waals surface area contributed by atoms with E-state index >= 15 is 0 Å². The molecule has 0 aromatic rings. The predicted octanol–water partition coefficient (Wildman–Crippen LogP) is 1.79. The van der Waals surface area contributed by atoms with Crippen molar-refractivity contribution >= 4 is 12.0 Å². The Morgan fingerprint density at radius 1 is 1.42 bits per heavy atom. The molecule has 19 heavy (non-hydrogen) atoms. The third-order valence-electron chi connectivity index (χ3n) is 3.00. The number of carboxylic acids is 1. The molecule has 1 saturated heterocycles. The third-order valence-corrected chi connectivity index (χ3v) is 3.00. The number of carbonyl (C=O) groups is 2. The van der Waals surface area contributed by atoms with Crippen LogP contribution in [0.1, 0.15) is 19.3 Å². The van der Waals surface area contributed by atoms with Gasteiger partial charge in [-0.05, 0) is 18.8 Å². The van der Waals surface area contributed by atoms with Gasteiger partial charge in [-0.15, -0.1) is 0 Å². The van der Waals surface area contributed by atoms with Crippen LogP contribution in [0.3, 0.4) is 0 Å². The van der Waals surface area contributed by atoms with Crippen molar-refractivity contribution in [3.8, 4) is 0 Å². The predicted molar refractivity (Wildman–Crippen MR) is 60.6 cm³/mol. The van der Waals surface area contributed by atoms with Crippen LogP contribution in [0.2, 0.25) is 0 Å². The van der Waals surface area contributed by atoms with Crippen LogP contribution in [0.5, 0.6) is 0 Å². The van der Waals surface area contributed by atoms with E-state index in [9.17, 15) is 22.8 Å². The summed E-state index contributed by atoms with van der Waals surface area (Å²) < 4.78 is 36.6. The summed E-state index contributed by atoms with van der Waals surface area (Å²) in [5.41, 5.74) is 0. The van der Waals surface area contributed by atoms with Crippen LogP contribution >= 0.6 is 0 Å². The molecule has 1 aliphatic rings. The van der Waals surface area contributed by atoms with E-state index in [1.54, 1.807) is 0 Å². The number of amides is 2. The van der Waals surface area contributed by atoms with Crippen LogP contribution in [0.4, 0.5) is 18.0 Å². The average molecular weight is 282 g/mol. The van der Waals surface area contributed by atoms with Gasteiger partial charge < -0.3 is 14.9 Å². The largest absolute Gasteiger partial charge is 0.481 e. The number of alkyl halides is 3. The molecule has 0 aromatic carbocycles. The lowest BCUT2D eigenvalue weighted by Crippen LogP contribution is -2.48. The van der Waals surface area contributed by atoms with Crippen LogP contribution in [-0.2, 0) is 4.79 Å². The van der Waals surface area contributed by atoms with Crippen molar-refractivity contribution in [3.05, 3.63) is 0 Å². The van der Waals surface area contributed by atoms with Crippen molar-refractivity contribution in [1.82, 2.24) is 9.80 Å². The van der Waals surface area contributed by atoms with Gasteiger partial charge in [0.05, 0.1) is 0 Å². The van der Waals surface area contributed by atoms with E-state index in [1.165, 1.54) is 4.90 Å². The van der Waals surface area contributed by atoms with Crippen molar-refractivity contribution in [1.29, 1.82) is 0 Å². The highest BCUT2D eigenvalue weighted by molar-refractivity contribution is 5.74. The van der Waals surface area contributed by atoms with Crippen LogP contribution < -0.4 is 0 Å². The lowest BCUT2D eigenvalue weighted by molar-refractivity contribution is -0.138. The number of nitrogens with zero attached hydrogens (tertiary/aromatic N) is 2. The van der Waals surface area contributed by atoms with Gasteiger partial charge in [0.25, 0.3) is 0 Å². The molecular weight excluding hydrogens is 265 g/mol. The van der Waals surface area contributed by atoms with Gasteiger partial charge in [-0.2, -0.15) is 13.2 Å². The van der Waals surface area contributed by atoms with Gasteiger partial charge in [0.1, 0.15) is 6.54 Å². The van der Waals surface area contributed by atoms with E-state index in [0.29, 0.717) is 24.3 Å². The van der Waals surface area contributed by atoms with Gasteiger partial charge in [-0.25, -0.2) is 4.79 Å². The maximum Gasteiger partial charge on any atom is 0.406 e. The maximum atomic E-state index is 12.2. The molecule has 8 heteroatoms. The molecule has 1 fully saturated rings. The Kier molecular flexibility index (Phi) is 5.02. The lowest BCUT2D eigenvalue weighted by atomic mass is 9.95. The Morgan fingerprint density at radius 2 is 2.05 bits per heavy atom. The second kappa shape index (κ2) is 6.12. The molecular formula is C11H17F3N2O3. The second-order valence-corrected chi connectivity index (χ2v) is 4.81. The number of halogens is 3. The fraction of sp³-hybridized carbons (Fsp3) is 0.818. The first-order chi connectivity index (χ1) is 8.69. The van der Waals surface area contributed by atoms with E-state index in [-0.39, 0.29) is 18.9 Å². The molecule has 1 unspecified atom stereocenters. The number of aliphatic carboxylic acids is 1. The van der Waals surface area contributed by atoms with Crippen LogP contribution in [0, 0.1) is 5.92 Å². The summed E-state index contributed by atoms with van der Waals surface area (Å²) in [7, 11) is 1.09. The Morgan fingerprint density at radius 3 is 2.58 bits per heavy atom. The first kappa shape index (κ1) is 15.6. The van der Waals surface area contributed by atoms with Crippen molar-refractivity contribution in [3.63, 3.8) is 0 Å². The minimum absolute atomic E-state index is 0.0627. The Hall–Kier alpha value is -1.47. The average Bonchev–Trinajstić information content (AvgIpc) is 2.25. The molecule has 0 spiro atoms. The van der Waals surface area contributed by atoms with Crippen molar-refractivity contribution in [2.75, 3.05) is 26.7 Å². The minimum Gasteiger partial charge on any atom is -0.481 e. The number of hydrogen-bond donors (Lipinski definition) is 1. The number of piperidine rings is 1. The zero-order valence-electron chi connectivity index (χ0n) is 10.6. The van der Waals surface area contributed by atoms with E-state index in [4.69, 9.17) is 5.11 Å². The van der Waals surface area contributed by atoms with Crippen LogP contribution in [0.15, 0.2) is 0 Å². The first-order valence-electron chi connectivity index (χ1n) is 5.97. The normalized spacial score (nSPS) is 20.2. The highest BCUT2D eigenvalue weighted by Gasteiger charge is 2.34. The molecule has 0 aliphatic carbocycles. The number of likely N-dealkylation sites (tertiary alicyclic amines) is 1. The molecule has 1 atom stereocenters. The fourth-order valence-corrected chi connectivity index (χ4v) is 2.23. The van der Waals surface area contributed by atoms with E-state index < -0.39 is 24.7 Å². The van der Waals surface area contributed by atoms with Gasteiger partial charge >= 0.3 is 18.2 Å². The van der Waals surface area contributed by atoms with Crippen molar-refractivity contribution in [2.24, 2.45) is 5.92 Å². The minimum atomic E-state index is -4.43. The molecule has 0 bridgehead atoms. The number of hydrogen-bond acceptors (Lipinski definition) is 2. The highest BCUT2D eigenvalue weighted by Crippen LogP contribution is 2.22. The fourth-order valence-electron chi connectivity index (χ4n) is 2.23. The number of carbonyl (C=O) groups excluding carboxylic acids is 1. The Balaban J connectivity index is 2.54. The van der Waals surface area contributed by atoms with E-state index in [0.717, 1.165) is 7.05 Å². The summed E-state index contributed by atoms with van der Waals surface area (Å²) in [6.45, 7) is -0.726. The van der Waals surface area contributed by atoms with E-state index in [1.807, 2.05) is 0 Å². The number of urea groups is 1. The highest BCUT2D eigenvalue weighted by atomic mass is 19.4. The first-order valence-corrected chi connectivity index (χ1v) is 5.97. The summed E-state index contributed by atoms with van der Waals surface area (Å²) in [6.07, 6.45) is -3.20. The van der Waals surface area contributed by atoms with Gasteiger partial charge in [0.2, 0.25) is 0 Å². The van der Waals surface area contributed by atoms with Crippen LogP contribution in [-0.4, -0.2) is 59.8 Å². The Bertz CT molecular complexity index is 347. The zero-order valence-corrected chi connectivity index (χ0v) is 10.6.